The normalized spacial score (nSPS) is 10.1. The van der Waals surface area contributed by atoms with Gasteiger partial charge in [-0.25, -0.2) is 4.68 Å². The van der Waals surface area contributed by atoms with Crippen molar-refractivity contribution in [3.05, 3.63) is 78.1 Å². The summed E-state index contributed by atoms with van der Waals surface area (Å²) in [5.74, 6) is -0.693. The van der Waals surface area contributed by atoms with E-state index < -0.39 is 11.8 Å². The van der Waals surface area contributed by atoms with Crippen LogP contribution in [0.5, 0.6) is 5.75 Å². The van der Waals surface area contributed by atoms with E-state index in [9.17, 15) is 9.59 Å². The van der Waals surface area contributed by atoms with Crippen molar-refractivity contribution in [2.75, 3.05) is 7.11 Å². The number of carbonyl (C=O) groups excluding carboxylic acids is 2. The van der Waals surface area contributed by atoms with Crippen LogP contribution < -0.4 is 15.6 Å². The fourth-order valence-corrected chi connectivity index (χ4v) is 2.21. The number of benzene rings is 2. The zero-order chi connectivity index (χ0) is 17.6. The number of aromatic nitrogens is 2. The molecule has 0 atom stereocenters. The molecule has 0 saturated heterocycles. The first-order valence-electron chi connectivity index (χ1n) is 7.54. The molecule has 3 rings (SSSR count). The summed E-state index contributed by atoms with van der Waals surface area (Å²) in [6.45, 7) is 0. The summed E-state index contributed by atoms with van der Waals surface area (Å²) in [6.07, 6.45) is 1.60. The summed E-state index contributed by atoms with van der Waals surface area (Å²) >= 11 is 0. The Morgan fingerprint density at radius 3 is 2.16 bits per heavy atom. The highest BCUT2D eigenvalue weighted by Gasteiger charge is 2.19. The van der Waals surface area contributed by atoms with E-state index in [1.54, 1.807) is 36.5 Å². The zero-order valence-electron chi connectivity index (χ0n) is 13.5. The van der Waals surface area contributed by atoms with Crippen molar-refractivity contribution in [2.24, 2.45) is 0 Å². The monoisotopic (exact) mass is 336 g/mol. The molecule has 0 spiro atoms. The molecule has 0 fully saturated rings. The van der Waals surface area contributed by atoms with Gasteiger partial charge in [-0.2, -0.15) is 5.10 Å². The molecular weight excluding hydrogens is 320 g/mol. The fourth-order valence-electron chi connectivity index (χ4n) is 2.21. The Balaban J connectivity index is 1.74. The van der Waals surface area contributed by atoms with Crippen LogP contribution >= 0.6 is 0 Å². The summed E-state index contributed by atoms with van der Waals surface area (Å²) in [7, 11) is 1.45. The third kappa shape index (κ3) is 3.66. The van der Waals surface area contributed by atoms with Crippen LogP contribution in [0.4, 0.5) is 0 Å². The Hall–Kier alpha value is -3.61. The van der Waals surface area contributed by atoms with Gasteiger partial charge in [-0.05, 0) is 24.3 Å². The van der Waals surface area contributed by atoms with E-state index in [-0.39, 0.29) is 5.69 Å². The van der Waals surface area contributed by atoms with Crippen LogP contribution in [-0.4, -0.2) is 28.7 Å². The van der Waals surface area contributed by atoms with Gasteiger partial charge in [-0.3, -0.25) is 20.4 Å². The van der Waals surface area contributed by atoms with Gasteiger partial charge in [-0.1, -0.05) is 36.4 Å². The lowest BCUT2D eigenvalue weighted by atomic mass is 10.2. The van der Waals surface area contributed by atoms with Gasteiger partial charge in [-0.15, -0.1) is 0 Å². The molecule has 3 aromatic rings. The maximum Gasteiger partial charge on any atom is 0.294 e. The molecule has 0 saturated carbocycles. The third-order valence-corrected chi connectivity index (χ3v) is 3.46. The number of ether oxygens (including phenoxy) is 1. The number of methoxy groups -OCH3 is 1. The van der Waals surface area contributed by atoms with E-state index in [1.165, 1.54) is 11.8 Å². The highest BCUT2D eigenvalue weighted by Crippen LogP contribution is 2.19. The van der Waals surface area contributed by atoms with Crippen molar-refractivity contribution in [2.45, 2.75) is 0 Å². The van der Waals surface area contributed by atoms with Crippen molar-refractivity contribution in [1.29, 1.82) is 0 Å². The minimum absolute atomic E-state index is 0.0692. The van der Waals surface area contributed by atoms with Gasteiger partial charge in [0, 0.05) is 5.56 Å². The van der Waals surface area contributed by atoms with Gasteiger partial charge >= 0.3 is 0 Å². The molecule has 0 bridgehead atoms. The van der Waals surface area contributed by atoms with Gasteiger partial charge in [0.05, 0.1) is 19.0 Å². The number of nitrogens with one attached hydrogen (secondary N) is 2. The average Bonchev–Trinajstić information content (AvgIpc) is 3.12. The SMILES string of the molecule is COc1cn(-c2ccccc2)nc1C(=O)NNC(=O)c1ccccc1. The molecule has 1 aromatic heterocycles. The smallest absolute Gasteiger partial charge is 0.294 e. The van der Waals surface area contributed by atoms with Crippen LogP contribution in [0.15, 0.2) is 66.9 Å². The first-order chi connectivity index (χ1) is 12.2. The van der Waals surface area contributed by atoms with Crippen LogP contribution in [0, 0.1) is 0 Å². The molecule has 0 radical (unpaired) electrons. The molecule has 0 unspecified atom stereocenters. The van der Waals surface area contributed by atoms with Crippen molar-refractivity contribution >= 4 is 11.8 Å². The zero-order valence-corrected chi connectivity index (χ0v) is 13.5. The van der Waals surface area contributed by atoms with Crippen molar-refractivity contribution in [3.63, 3.8) is 0 Å². The number of hydrogen-bond donors (Lipinski definition) is 2. The molecular formula is C18H16N4O3. The average molecular weight is 336 g/mol. The number of rotatable bonds is 4. The summed E-state index contributed by atoms with van der Waals surface area (Å²) < 4.78 is 6.74. The molecule has 2 amide bonds. The van der Waals surface area contributed by atoms with Crippen LogP contribution in [0.1, 0.15) is 20.8 Å². The van der Waals surface area contributed by atoms with E-state index in [4.69, 9.17) is 4.74 Å². The topological polar surface area (TPSA) is 85.2 Å². The fraction of sp³-hybridized carbons (Fsp3) is 0.0556. The van der Waals surface area contributed by atoms with Gasteiger partial charge in [0.25, 0.3) is 11.8 Å². The first-order valence-corrected chi connectivity index (χ1v) is 7.54. The number of hydrogen-bond acceptors (Lipinski definition) is 4. The summed E-state index contributed by atoms with van der Waals surface area (Å²) in [6, 6.07) is 17.9. The van der Waals surface area contributed by atoms with Gasteiger partial charge in [0.1, 0.15) is 0 Å². The lowest BCUT2D eigenvalue weighted by Crippen LogP contribution is -2.41. The third-order valence-electron chi connectivity index (χ3n) is 3.46. The van der Waals surface area contributed by atoms with E-state index in [2.05, 4.69) is 16.0 Å². The van der Waals surface area contributed by atoms with Gasteiger partial charge in [0.2, 0.25) is 0 Å². The van der Waals surface area contributed by atoms with Crippen molar-refractivity contribution < 1.29 is 14.3 Å². The van der Waals surface area contributed by atoms with Gasteiger partial charge in [0.15, 0.2) is 11.4 Å². The maximum absolute atomic E-state index is 12.3. The second-order valence-corrected chi connectivity index (χ2v) is 5.10. The largest absolute Gasteiger partial charge is 0.493 e. The Labute approximate surface area is 144 Å². The molecule has 1 heterocycles. The molecule has 0 aliphatic heterocycles. The quantitative estimate of drug-likeness (QED) is 0.713. The van der Waals surface area contributed by atoms with Crippen LogP contribution in [0.3, 0.4) is 0 Å². The summed E-state index contributed by atoms with van der Waals surface area (Å²) in [4.78, 5) is 24.3. The molecule has 2 N–H and O–H groups in total. The van der Waals surface area contributed by atoms with E-state index in [0.717, 1.165) is 5.69 Å². The highest BCUT2D eigenvalue weighted by molar-refractivity contribution is 5.99. The number of nitrogens with zero attached hydrogens (tertiary/aromatic N) is 2. The lowest BCUT2D eigenvalue weighted by Gasteiger charge is -2.06. The van der Waals surface area contributed by atoms with Crippen molar-refractivity contribution in [1.82, 2.24) is 20.6 Å². The Morgan fingerprint density at radius 1 is 0.920 bits per heavy atom. The molecule has 0 aliphatic carbocycles. The summed E-state index contributed by atoms with van der Waals surface area (Å²) in [5.41, 5.74) is 5.99. The standard InChI is InChI=1S/C18H16N4O3/c1-25-15-12-22(14-10-6-3-7-11-14)21-16(15)18(24)20-19-17(23)13-8-4-2-5-9-13/h2-12H,1H3,(H,19,23)(H,20,24). The number of amides is 2. The Bertz CT molecular complexity index is 876. The molecule has 25 heavy (non-hydrogen) atoms. The van der Waals surface area contributed by atoms with Crippen LogP contribution in [0.2, 0.25) is 0 Å². The predicted molar refractivity (Wildman–Crippen MR) is 91.5 cm³/mol. The number of para-hydroxylation sites is 1. The predicted octanol–water partition coefficient (Wildman–Crippen LogP) is 1.96. The van der Waals surface area contributed by atoms with E-state index in [0.29, 0.717) is 11.3 Å². The second-order valence-electron chi connectivity index (χ2n) is 5.10. The van der Waals surface area contributed by atoms with Crippen molar-refractivity contribution in [3.8, 4) is 11.4 Å². The summed E-state index contributed by atoms with van der Waals surface area (Å²) in [5, 5.41) is 4.23. The van der Waals surface area contributed by atoms with Gasteiger partial charge < -0.3 is 4.74 Å². The van der Waals surface area contributed by atoms with E-state index >= 15 is 0 Å². The first kappa shape index (κ1) is 16.3. The minimum Gasteiger partial charge on any atom is -0.493 e. The molecule has 126 valence electrons. The number of hydrazine groups is 1. The second kappa shape index (κ2) is 7.31. The lowest BCUT2D eigenvalue weighted by molar-refractivity contribution is 0.0842. The van der Waals surface area contributed by atoms with Crippen LogP contribution in [0.25, 0.3) is 5.69 Å². The molecule has 2 aromatic carbocycles. The Kier molecular flexibility index (Phi) is 4.75. The Morgan fingerprint density at radius 2 is 1.52 bits per heavy atom. The molecule has 7 nitrogen and oxygen atoms in total. The highest BCUT2D eigenvalue weighted by atomic mass is 16.5. The number of carbonyl (C=O) groups is 2. The maximum atomic E-state index is 12.3. The molecule has 0 aliphatic rings. The minimum atomic E-state index is -0.573. The van der Waals surface area contributed by atoms with E-state index in [1.807, 2.05) is 30.3 Å². The molecule has 7 heteroatoms. The van der Waals surface area contributed by atoms with Crippen LogP contribution in [-0.2, 0) is 0 Å².